The van der Waals surface area contributed by atoms with Crippen molar-refractivity contribution in [3.63, 3.8) is 0 Å². The van der Waals surface area contributed by atoms with E-state index < -0.39 is 34.0 Å². The number of carbonyl (C=O) groups is 2. The van der Waals surface area contributed by atoms with E-state index in [1.165, 1.54) is 12.1 Å². The molecule has 1 amide bonds. The van der Waals surface area contributed by atoms with Gasteiger partial charge in [-0.2, -0.15) is 4.31 Å². The lowest BCUT2D eigenvalue weighted by atomic mass is 10.2. The van der Waals surface area contributed by atoms with Gasteiger partial charge in [0, 0.05) is 13.1 Å². The fourth-order valence-electron chi connectivity index (χ4n) is 2.51. The van der Waals surface area contributed by atoms with Gasteiger partial charge in [-0.25, -0.2) is 13.2 Å². The molecular weight excluding hydrogens is 322 g/mol. The summed E-state index contributed by atoms with van der Waals surface area (Å²) in [6.45, 7) is -0.0467. The summed E-state index contributed by atoms with van der Waals surface area (Å²) in [6.07, 6.45) is 0.874. The Bertz CT molecular complexity index is 677. The van der Waals surface area contributed by atoms with Gasteiger partial charge in [0.1, 0.15) is 12.1 Å². The van der Waals surface area contributed by atoms with Crippen LogP contribution in [-0.2, 0) is 19.6 Å². The predicted octanol–water partition coefficient (Wildman–Crippen LogP) is -0.632. The molecule has 1 aromatic carbocycles. The number of carbonyl (C=O) groups excluding carboxylic acids is 1. The van der Waals surface area contributed by atoms with E-state index >= 15 is 0 Å². The third-order valence-electron chi connectivity index (χ3n) is 3.71. The molecule has 1 aliphatic rings. The van der Waals surface area contributed by atoms with Crippen molar-refractivity contribution in [1.82, 2.24) is 9.62 Å². The first-order chi connectivity index (χ1) is 10.9. The molecule has 1 saturated heterocycles. The number of carboxylic acid groups (broad SMARTS) is 1. The largest absolute Gasteiger partial charge is 0.480 e. The van der Waals surface area contributed by atoms with Gasteiger partial charge < -0.3 is 16.2 Å². The molecule has 1 aromatic rings. The average Bonchev–Trinajstić information content (AvgIpc) is 3.03. The van der Waals surface area contributed by atoms with Crippen LogP contribution in [0.5, 0.6) is 0 Å². The molecule has 9 heteroatoms. The molecule has 0 saturated carbocycles. The van der Waals surface area contributed by atoms with Crippen LogP contribution in [0.2, 0.25) is 0 Å². The molecule has 4 N–H and O–H groups in total. The lowest BCUT2D eigenvalue weighted by Crippen LogP contribution is -2.53. The van der Waals surface area contributed by atoms with Gasteiger partial charge in [-0.15, -0.1) is 0 Å². The first-order valence-electron chi connectivity index (χ1n) is 7.18. The molecule has 0 bridgehead atoms. The number of nitrogens with one attached hydrogen (secondary N) is 1. The van der Waals surface area contributed by atoms with Gasteiger partial charge in [-0.3, -0.25) is 4.79 Å². The van der Waals surface area contributed by atoms with Crippen molar-refractivity contribution in [3.8, 4) is 0 Å². The molecule has 23 heavy (non-hydrogen) atoms. The number of benzene rings is 1. The Kier molecular flexibility index (Phi) is 5.34. The second-order valence-electron chi connectivity index (χ2n) is 5.22. The van der Waals surface area contributed by atoms with Crippen LogP contribution in [0.25, 0.3) is 0 Å². The van der Waals surface area contributed by atoms with Gasteiger partial charge in [0.2, 0.25) is 15.9 Å². The summed E-state index contributed by atoms with van der Waals surface area (Å²) < 4.78 is 26.4. The molecule has 8 nitrogen and oxygen atoms in total. The molecule has 126 valence electrons. The van der Waals surface area contributed by atoms with E-state index in [4.69, 9.17) is 10.8 Å². The van der Waals surface area contributed by atoms with Crippen LogP contribution in [0.4, 0.5) is 0 Å². The number of hydrogen-bond acceptors (Lipinski definition) is 5. The van der Waals surface area contributed by atoms with Crippen LogP contribution in [0, 0.1) is 0 Å². The molecule has 0 spiro atoms. The fourth-order valence-corrected chi connectivity index (χ4v) is 4.18. The molecule has 2 rings (SSSR count). The van der Waals surface area contributed by atoms with E-state index in [-0.39, 0.29) is 18.0 Å². The molecule has 0 radical (unpaired) electrons. The minimum atomic E-state index is -3.80. The molecule has 1 aliphatic heterocycles. The van der Waals surface area contributed by atoms with Crippen molar-refractivity contribution in [2.75, 3.05) is 13.1 Å². The monoisotopic (exact) mass is 341 g/mol. The maximum absolute atomic E-state index is 12.6. The number of aliphatic carboxylic acids is 1. The highest BCUT2D eigenvalue weighted by Crippen LogP contribution is 2.26. The van der Waals surface area contributed by atoms with Crippen LogP contribution in [0.15, 0.2) is 35.2 Å². The van der Waals surface area contributed by atoms with Crippen LogP contribution in [-0.4, -0.2) is 54.9 Å². The molecule has 0 aromatic heterocycles. The topological polar surface area (TPSA) is 130 Å². The Hall–Kier alpha value is -1.97. The normalized spacial score (nSPS) is 20.1. The number of nitrogens with zero attached hydrogens (tertiary/aromatic N) is 1. The van der Waals surface area contributed by atoms with Gasteiger partial charge in [0.25, 0.3) is 0 Å². The van der Waals surface area contributed by atoms with Crippen molar-refractivity contribution in [2.24, 2.45) is 5.73 Å². The van der Waals surface area contributed by atoms with Crippen molar-refractivity contribution >= 4 is 21.9 Å². The molecular formula is C14H19N3O5S. The quantitative estimate of drug-likeness (QED) is 0.631. The highest BCUT2D eigenvalue weighted by Gasteiger charge is 2.40. The Morgan fingerprint density at radius 2 is 2.00 bits per heavy atom. The maximum atomic E-state index is 12.6. The second kappa shape index (κ2) is 7.07. The summed E-state index contributed by atoms with van der Waals surface area (Å²) in [6, 6.07) is 5.68. The predicted molar refractivity (Wildman–Crippen MR) is 82.0 cm³/mol. The number of rotatable bonds is 6. The van der Waals surface area contributed by atoms with Crippen LogP contribution < -0.4 is 11.1 Å². The SMILES string of the molecule is NC[C@H](NC(=O)C1CCCN1S(=O)(=O)c1ccccc1)C(=O)O. The van der Waals surface area contributed by atoms with Gasteiger partial charge in [0.05, 0.1) is 4.90 Å². The summed E-state index contributed by atoms with van der Waals surface area (Å²) in [5.74, 6) is -1.89. The van der Waals surface area contributed by atoms with E-state index in [1.54, 1.807) is 18.2 Å². The summed E-state index contributed by atoms with van der Waals surface area (Å²) in [5.41, 5.74) is 5.30. The molecule has 1 unspecified atom stereocenters. The zero-order valence-corrected chi connectivity index (χ0v) is 13.2. The molecule has 1 heterocycles. The standard InChI is InChI=1S/C14H19N3O5S/c15-9-11(14(19)20)16-13(18)12-7-4-8-17(12)23(21,22)10-5-2-1-3-6-10/h1-3,5-6,11-12H,4,7-9,15H2,(H,16,18)(H,19,20)/t11-,12?/m0/s1. The van der Waals surface area contributed by atoms with Crippen LogP contribution in [0.1, 0.15) is 12.8 Å². The van der Waals surface area contributed by atoms with Gasteiger partial charge in [0.15, 0.2) is 0 Å². The third-order valence-corrected chi connectivity index (χ3v) is 5.63. The number of amides is 1. The van der Waals surface area contributed by atoms with Crippen molar-refractivity contribution in [3.05, 3.63) is 30.3 Å². The van der Waals surface area contributed by atoms with E-state index in [1.807, 2.05) is 0 Å². The molecule has 0 aliphatic carbocycles. The van der Waals surface area contributed by atoms with Crippen LogP contribution in [0.3, 0.4) is 0 Å². The second-order valence-corrected chi connectivity index (χ2v) is 7.11. The summed E-state index contributed by atoms with van der Waals surface area (Å²) >= 11 is 0. The van der Waals surface area contributed by atoms with E-state index in [2.05, 4.69) is 5.32 Å². The molecule has 1 fully saturated rings. The van der Waals surface area contributed by atoms with E-state index in [0.29, 0.717) is 12.8 Å². The lowest BCUT2D eigenvalue weighted by Gasteiger charge is -2.24. The highest BCUT2D eigenvalue weighted by atomic mass is 32.2. The Morgan fingerprint density at radius 1 is 1.35 bits per heavy atom. The minimum absolute atomic E-state index is 0.105. The van der Waals surface area contributed by atoms with Crippen molar-refractivity contribution in [2.45, 2.75) is 29.8 Å². The first kappa shape index (κ1) is 17.4. The van der Waals surface area contributed by atoms with E-state index in [9.17, 15) is 18.0 Å². The minimum Gasteiger partial charge on any atom is -0.480 e. The Labute approximate surface area is 134 Å². The Morgan fingerprint density at radius 3 is 2.57 bits per heavy atom. The Balaban J connectivity index is 2.20. The van der Waals surface area contributed by atoms with Gasteiger partial charge in [-0.05, 0) is 25.0 Å². The number of hydrogen-bond donors (Lipinski definition) is 3. The number of nitrogens with two attached hydrogens (primary N) is 1. The zero-order chi connectivity index (χ0) is 17.0. The van der Waals surface area contributed by atoms with Crippen molar-refractivity contribution in [1.29, 1.82) is 0 Å². The summed E-state index contributed by atoms with van der Waals surface area (Å²) in [5, 5.41) is 11.2. The van der Waals surface area contributed by atoms with E-state index in [0.717, 1.165) is 4.31 Å². The van der Waals surface area contributed by atoms with Crippen molar-refractivity contribution < 1.29 is 23.1 Å². The van der Waals surface area contributed by atoms with Gasteiger partial charge in [-0.1, -0.05) is 18.2 Å². The number of sulfonamides is 1. The lowest BCUT2D eigenvalue weighted by molar-refractivity contribution is -0.142. The summed E-state index contributed by atoms with van der Waals surface area (Å²) in [7, 11) is -3.80. The average molecular weight is 341 g/mol. The number of carboxylic acids is 1. The maximum Gasteiger partial charge on any atom is 0.327 e. The third kappa shape index (κ3) is 3.69. The fraction of sp³-hybridized carbons (Fsp3) is 0.429. The molecule has 2 atom stereocenters. The first-order valence-corrected chi connectivity index (χ1v) is 8.62. The highest BCUT2D eigenvalue weighted by molar-refractivity contribution is 7.89. The zero-order valence-electron chi connectivity index (χ0n) is 12.4. The van der Waals surface area contributed by atoms with Crippen LogP contribution >= 0.6 is 0 Å². The smallest absolute Gasteiger partial charge is 0.327 e. The summed E-state index contributed by atoms with van der Waals surface area (Å²) in [4.78, 5) is 23.3. The van der Waals surface area contributed by atoms with Gasteiger partial charge >= 0.3 is 5.97 Å².